The molecule has 128 valence electrons. The number of hydrogen-bond donors (Lipinski definition) is 2. The summed E-state index contributed by atoms with van der Waals surface area (Å²) < 4.78 is 0. The summed E-state index contributed by atoms with van der Waals surface area (Å²) in [5, 5.41) is 3.67. The third kappa shape index (κ3) is 4.56. The van der Waals surface area contributed by atoms with Gasteiger partial charge in [0, 0.05) is 24.3 Å². The first-order valence-corrected chi connectivity index (χ1v) is 8.90. The van der Waals surface area contributed by atoms with E-state index < -0.39 is 0 Å². The average molecular weight is 325 g/mol. The number of nitrogens with zero attached hydrogens (tertiary/aromatic N) is 1. The van der Waals surface area contributed by atoms with Crippen LogP contribution in [0.2, 0.25) is 0 Å². The van der Waals surface area contributed by atoms with Crippen LogP contribution in [-0.2, 0) is 13.0 Å². The van der Waals surface area contributed by atoms with Crippen molar-refractivity contribution in [3.8, 4) is 0 Å². The smallest absolute Gasteiger partial charge is 0.248 e. The molecule has 1 heterocycles. The molecule has 1 aromatic carbocycles. The highest BCUT2D eigenvalue weighted by Crippen LogP contribution is 2.27. The van der Waals surface area contributed by atoms with Crippen LogP contribution in [-0.4, -0.2) is 30.0 Å². The molecule has 1 aliphatic carbocycles. The van der Waals surface area contributed by atoms with E-state index in [4.69, 9.17) is 0 Å². The molecule has 1 unspecified atom stereocenters. The maximum atomic E-state index is 11.5. The molecule has 0 spiro atoms. The first kappa shape index (κ1) is 16.9. The molecule has 24 heavy (non-hydrogen) atoms. The summed E-state index contributed by atoms with van der Waals surface area (Å²) in [6.45, 7) is 3.07. The van der Waals surface area contributed by atoms with Gasteiger partial charge in [-0.3, -0.25) is 4.79 Å². The number of rotatable bonds is 7. The molecule has 1 atom stereocenters. The maximum Gasteiger partial charge on any atom is 0.248 e. The Balaban J connectivity index is 1.43. The Morgan fingerprint density at radius 2 is 2.04 bits per heavy atom. The van der Waals surface area contributed by atoms with Crippen molar-refractivity contribution in [2.45, 2.75) is 38.3 Å². The Morgan fingerprint density at radius 3 is 2.88 bits per heavy atom. The minimum Gasteiger partial charge on any atom is -0.326 e. The number of fused-ring (bicyclic) bond motifs is 1. The summed E-state index contributed by atoms with van der Waals surface area (Å²) in [4.78, 5) is 16.8. The van der Waals surface area contributed by atoms with Gasteiger partial charge in [-0.05, 0) is 56.9 Å². The Hall–Kier alpha value is -1.91. The molecule has 0 saturated carbocycles. The summed E-state index contributed by atoms with van der Waals surface area (Å²) >= 11 is 0. The molecule has 1 aliphatic rings. The predicted molar refractivity (Wildman–Crippen MR) is 98.1 cm³/mol. The lowest BCUT2D eigenvalue weighted by atomic mass is 9.91. The van der Waals surface area contributed by atoms with Gasteiger partial charge in [-0.25, -0.2) is 0 Å². The van der Waals surface area contributed by atoms with E-state index in [1.807, 2.05) is 6.07 Å². The van der Waals surface area contributed by atoms with Gasteiger partial charge in [-0.1, -0.05) is 36.4 Å². The van der Waals surface area contributed by atoms with Crippen LogP contribution < -0.4 is 10.9 Å². The first-order chi connectivity index (χ1) is 11.7. The fourth-order valence-electron chi connectivity index (χ4n) is 3.51. The van der Waals surface area contributed by atoms with Crippen LogP contribution in [0.15, 0.2) is 47.3 Å². The zero-order valence-corrected chi connectivity index (χ0v) is 14.4. The lowest BCUT2D eigenvalue weighted by molar-refractivity contribution is 0.314. The Morgan fingerprint density at radius 1 is 1.21 bits per heavy atom. The average Bonchev–Trinajstić information content (AvgIpc) is 2.59. The second kappa shape index (κ2) is 8.27. The molecule has 4 heteroatoms. The molecule has 2 aromatic rings. The zero-order valence-electron chi connectivity index (χ0n) is 14.4. The van der Waals surface area contributed by atoms with Crippen molar-refractivity contribution < 1.29 is 0 Å². The van der Waals surface area contributed by atoms with Gasteiger partial charge in [0.2, 0.25) is 5.56 Å². The van der Waals surface area contributed by atoms with E-state index in [1.54, 1.807) is 6.07 Å². The predicted octanol–water partition coefficient (Wildman–Crippen LogP) is 2.86. The molecule has 0 bridgehead atoms. The van der Waals surface area contributed by atoms with E-state index in [0.29, 0.717) is 6.04 Å². The van der Waals surface area contributed by atoms with E-state index in [1.165, 1.54) is 11.1 Å². The summed E-state index contributed by atoms with van der Waals surface area (Å²) in [6, 6.07) is 14.6. The number of aromatic nitrogens is 1. The maximum absolute atomic E-state index is 11.5. The van der Waals surface area contributed by atoms with Gasteiger partial charge in [-0.2, -0.15) is 0 Å². The van der Waals surface area contributed by atoms with Crippen molar-refractivity contribution >= 4 is 0 Å². The van der Waals surface area contributed by atoms with Crippen LogP contribution in [0.5, 0.6) is 0 Å². The van der Waals surface area contributed by atoms with E-state index in [9.17, 15) is 4.79 Å². The topological polar surface area (TPSA) is 48.1 Å². The molecule has 0 amide bonds. The molecule has 0 radical (unpaired) electrons. The summed E-state index contributed by atoms with van der Waals surface area (Å²) in [5.74, 6) is 0. The Kier molecular flexibility index (Phi) is 5.83. The van der Waals surface area contributed by atoms with E-state index in [2.05, 4.69) is 52.6 Å². The van der Waals surface area contributed by atoms with Gasteiger partial charge in [0.1, 0.15) is 0 Å². The SMILES string of the molecule is CN(CCCNC1CCCc2[nH]c(=O)ccc21)Cc1ccccc1. The van der Waals surface area contributed by atoms with Gasteiger partial charge in [-0.15, -0.1) is 0 Å². The number of H-pyrrole nitrogens is 1. The van der Waals surface area contributed by atoms with Gasteiger partial charge in [0.25, 0.3) is 0 Å². The standard InChI is InChI=1S/C20H27N3O/c1-23(15-16-7-3-2-4-8-16)14-6-13-21-18-9-5-10-19-17(18)11-12-20(24)22-19/h2-4,7-8,11-12,18,21H,5-6,9-10,13-15H2,1H3,(H,22,24). The van der Waals surface area contributed by atoms with Gasteiger partial charge < -0.3 is 15.2 Å². The van der Waals surface area contributed by atoms with Crippen LogP contribution in [0.25, 0.3) is 0 Å². The molecule has 4 nitrogen and oxygen atoms in total. The number of nitrogens with one attached hydrogen (secondary N) is 2. The van der Waals surface area contributed by atoms with Crippen molar-refractivity contribution in [3.63, 3.8) is 0 Å². The second-order valence-corrected chi connectivity index (χ2v) is 6.73. The molecular formula is C20H27N3O. The highest BCUT2D eigenvalue weighted by Gasteiger charge is 2.19. The Labute approximate surface area is 143 Å². The van der Waals surface area contributed by atoms with Crippen LogP contribution in [0.3, 0.4) is 0 Å². The Bertz CT molecular complexity index is 696. The van der Waals surface area contributed by atoms with Crippen LogP contribution in [0.4, 0.5) is 0 Å². The molecule has 3 rings (SSSR count). The first-order valence-electron chi connectivity index (χ1n) is 8.90. The second-order valence-electron chi connectivity index (χ2n) is 6.73. The largest absolute Gasteiger partial charge is 0.326 e. The number of benzene rings is 1. The summed E-state index contributed by atoms with van der Waals surface area (Å²) in [7, 11) is 2.17. The van der Waals surface area contributed by atoms with E-state index in [-0.39, 0.29) is 5.56 Å². The molecule has 0 aliphatic heterocycles. The van der Waals surface area contributed by atoms with Crippen LogP contribution in [0.1, 0.15) is 42.1 Å². The quantitative estimate of drug-likeness (QED) is 0.770. The molecule has 2 N–H and O–H groups in total. The van der Waals surface area contributed by atoms with Crippen molar-refractivity contribution in [3.05, 3.63) is 69.6 Å². The molecule has 0 saturated heterocycles. The fourth-order valence-corrected chi connectivity index (χ4v) is 3.51. The van der Waals surface area contributed by atoms with E-state index >= 15 is 0 Å². The number of aromatic amines is 1. The highest BCUT2D eigenvalue weighted by atomic mass is 16.1. The van der Waals surface area contributed by atoms with Crippen molar-refractivity contribution in [2.24, 2.45) is 0 Å². The lowest BCUT2D eigenvalue weighted by Crippen LogP contribution is -2.30. The van der Waals surface area contributed by atoms with E-state index in [0.717, 1.165) is 51.0 Å². The van der Waals surface area contributed by atoms with Gasteiger partial charge >= 0.3 is 0 Å². The van der Waals surface area contributed by atoms with Crippen LogP contribution in [0, 0.1) is 0 Å². The normalized spacial score (nSPS) is 17.0. The van der Waals surface area contributed by atoms with Crippen molar-refractivity contribution in [2.75, 3.05) is 20.1 Å². The monoisotopic (exact) mass is 325 g/mol. The summed E-state index contributed by atoms with van der Waals surface area (Å²) in [5.41, 5.74) is 3.76. The van der Waals surface area contributed by atoms with Crippen molar-refractivity contribution in [1.82, 2.24) is 15.2 Å². The third-order valence-corrected chi connectivity index (χ3v) is 4.73. The summed E-state index contributed by atoms with van der Waals surface area (Å²) in [6.07, 6.45) is 4.40. The fraction of sp³-hybridized carbons (Fsp3) is 0.450. The molecule has 1 aromatic heterocycles. The highest BCUT2D eigenvalue weighted by molar-refractivity contribution is 5.26. The van der Waals surface area contributed by atoms with Crippen LogP contribution >= 0.6 is 0 Å². The number of aryl methyl sites for hydroxylation is 1. The van der Waals surface area contributed by atoms with Gasteiger partial charge in [0.15, 0.2) is 0 Å². The number of hydrogen-bond acceptors (Lipinski definition) is 3. The van der Waals surface area contributed by atoms with Gasteiger partial charge in [0.05, 0.1) is 0 Å². The lowest BCUT2D eigenvalue weighted by Gasteiger charge is -2.26. The minimum absolute atomic E-state index is 0.0111. The number of pyridine rings is 1. The zero-order chi connectivity index (χ0) is 16.8. The minimum atomic E-state index is 0.0111. The van der Waals surface area contributed by atoms with Crippen molar-refractivity contribution in [1.29, 1.82) is 0 Å². The molecule has 0 fully saturated rings. The third-order valence-electron chi connectivity index (χ3n) is 4.73. The molecular weight excluding hydrogens is 298 g/mol.